The maximum atomic E-state index is 12.9. The van der Waals surface area contributed by atoms with Crippen LogP contribution in [0.4, 0.5) is 0 Å². The summed E-state index contributed by atoms with van der Waals surface area (Å²) in [5, 5.41) is 4.47. The molecule has 3 aromatic rings. The summed E-state index contributed by atoms with van der Waals surface area (Å²) in [4.78, 5) is 23.8. The predicted molar refractivity (Wildman–Crippen MR) is 102 cm³/mol. The average Bonchev–Trinajstić information content (AvgIpc) is 3.28. The van der Waals surface area contributed by atoms with Gasteiger partial charge < -0.3 is 9.47 Å². The Kier molecular flexibility index (Phi) is 4.94. The van der Waals surface area contributed by atoms with E-state index < -0.39 is 0 Å². The van der Waals surface area contributed by atoms with Gasteiger partial charge >= 0.3 is 0 Å². The fourth-order valence-electron chi connectivity index (χ4n) is 3.65. The minimum Gasteiger partial charge on any atom is -0.337 e. The topological polar surface area (TPSA) is 68.8 Å². The normalized spacial score (nSPS) is 17.3. The van der Waals surface area contributed by atoms with Crippen molar-refractivity contribution in [3.05, 3.63) is 65.2 Å². The van der Waals surface area contributed by atoms with Crippen LogP contribution in [0.1, 0.15) is 40.8 Å². The lowest BCUT2D eigenvalue weighted by Crippen LogP contribution is -2.40. The molecule has 8 heteroatoms. The van der Waals surface area contributed by atoms with E-state index in [1.807, 2.05) is 35.5 Å². The van der Waals surface area contributed by atoms with Crippen LogP contribution in [-0.4, -0.2) is 48.2 Å². The number of aromatic nitrogens is 5. The zero-order chi connectivity index (χ0) is 18.8. The van der Waals surface area contributed by atoms with E-state index in [1.54, 1.807) is 13.2 Å². The molecule has 1 saturated heterocycles. The highest BCUT2D eigenvalue weighted by Crippen LogP contribution is 2.28. The summed E-state index contributed by atoms with van der Waals surface area (Å²) in [5.41, 5.74) is 1.43. The fraction of sp³-hybridized carbons (Fsp3) is 0.368. The third-order valence-corrected chi connectivity index (χ3v) is 5.25. The second-order valence-electron chi connectivity index (χ2n) is 6.79. The van der Waals surface area contributed by atoms with Crippen molar-refractivity contribution in [3.8, 4) is 0 Å². The number of hydrogen-bond acceptors (Lipinski definition) is 4. The van der Waals surface area contributed by atoms with Gasteiger partial charge in [-0.25, -0.2) is 4.98 Å². The van der Waals surface area contributed by atoms with E-state index in [9.17, 15) is 4.79 Å². The molecule has 1 aliphatic heterocycles. The van der Waals surface area contributed by atoms with E-state index in [2.05, 4.69) is 19.6 Å². The molecule has 0 unspecified atom stereocenters. The quantitative estimate of drug-likeness (QED) is 0.693. The number of amides is 1. The molecule has 0 aromatic carbocycles. The van der Waals surface area contributed by atoms with Crippen molar-refractivity contribution in [1.29, 1.82) is 0 Å². The second kappa shape index (κ2) is 7.52. The standard InChI is InChI=1S/C19H21ClN6O/c1-24-17(16(20)11-23-24)19(27)26-9-4-5-14(12-26)18-22-8-10-25(18)13-15-6-2-3-7-21-15/h2-3,6-8,10-11,14H,4-5,9,12-13H2,1H3/t14-/m1/s1. The van der Waals surface area contributed by atoms with Crippen molar-refractivity contribution in [2.45, 2.75) is 25.3 Å². The molecule has 4 rings (SSSR count). The van der Waals surface area contributed by atoms with Gasteiger partial charge in [0, 0.05) is 44.6 Å². The number of rotatable bonds is 4. The highest BCUT2D eigenvalue weighted by molar-refractivity contribution is 6.33. The number of carbonyl (C=O) groups excluding carboxylic acids is 1. The van der Waals surface area contributed by atoms with Crippen molar-refractivity contribution in [1.82, 2.24) is 29.2 Å². The van der Waals surface area contributed by atoms with Gasteiger partial charge in [-0.3, -0.25) is 14.5 Å². The van der Waals surface area contributed by atoms with Crippen LogP contribution in [0.2, 0.25) is 5.02 Å². The number of likely N-dealkylation sites (tertiary alicyclic amines) is 1. The Morgan fingerprint density at radius 1 is 1.30 bits per heavy atom. The van der Waals surface area contributed by atoms with Crippen LogP contribution in [-0.2, 0) is 13.6 Å². The van der Waals surface area contributed by atoms with Crippen molar-refractivity contribution >= 4 is 17.5 Å². The van der Waals surface area contributed by atoms with Crippen LogP contribution in [0, 0.1) is 0 Å². The van der Waals surface area contributed by atoms with Gasteiger partial charge in [0.25, 0.3) is 5.91 Å². The number of carbonyl (C=O) groups is 1. The van der Waals surface area contributed by atoms with Crippen LogP contribution < -0.4 is 0 Å². The Labute approximate surface area is 162 Å². The molecular weight excluding hydrogens is 364 g/mol. The highest BCUT2D eigenvalue weighted by atomic mass is 35.5. The van der Waals surface area contributed by atoms with Gasteiger partial charge in [0.1, 0.15) is 11.5 Å². The molecule has 27 heavy (non-hydrogen) atoms. The predicted octanol–water partition coefficient (Wildman–Crippen LogP) is 2.73. The van der Waals surface area contributed by atoms with Crippen molar-refractivity contribution in [2.24, 2.45) is 7.05 Å². The molecule has 0 N–H and O–H groups in total. The molecule has 0 aliphatic carbocycles. The molecule has 1 fully saturated rings. The van der Waals surface area contributed by atoms with Gasteiger partial charge in [-0.2, -0.15) is 5.10 Å². The lowest BCUT2D eigenvalue weighted by Gasteiger charge is -2.32. The van der Waals surface area contributed by atoms with Gasteiger partial charge in [0.05, 0.1) is 23.5 Å². The molecule has 0 bridgehead atoms. The van der Waals surface area contributed by atoms with Gasteiger partial charge in [0.2, 0.25) is 0 Å². The molecule has 0 spiro atoms. The number of nitrogens with zero attached hydrogens (tertiary/aromatic N) is 6. The van der Waals surface area contributed by atoms with E-state index in [4.69, 9.17) is 11.6 Å². The van der Waals surface area contributed by atoms with Crippen molar-refractivity contribution in [2.75, 3.05) is 13.1 Å². The lowest BCUT2D eigenvalue weighted by atomic mass is 9.96. The number of aryl methyl sites for hydroxylation is 1. The van der Waals surface area contributed by atoms with E-state index in [0.717, 1.165) is 30.9 Å². The summed E-state index contributed by atoms with van der Waals surface area (Å²) in [6.07, 6.45) is 9.03. The number of hydrogen-bond donors (Lipinski definition) is 0. The van der Waals surface area contributed by atoms with Gasteiger partial charge in [-0.15, -0.1) is 0 Å². The SMILES string of the molecule is Cn1ncc(Cl)c1C(=O)N1CCC[C@@H](c2nccn2Cc2ccccn2)C1. The van der Waals surface area contributed by atoms with Crippen LogP contribution >= 0.6 is 11.6 Å². The molecule has 4 heterocycles. The summed E-state index contributed by atoms with van der Waals surface area (Å²) < 4.78 is 3.66. The Morgan fingerprint density at radius 2 is 2.19 bits per heavy atom. The van der Waals surface area contributed by atoms with Crippen LogP contribution in [0.25, 0.3) is 0 Å². The van der Waals surface area contributed by atoms with E-state index >= 15 is 0 Å². The Bertz CT molecular complexity index is 915. The first kappa shape index (κ1) is 17.7. The lowest BCUT2D eigenvalue weighted by molar-refractivity contribution is 0.0692. The first-order valence-corrected chi connectivity index (χ1v) is 9.39. The van der Waals surface area contributed by atoms with Crippen LogP contribution in [0.5, 0.6) is 0 Å². The van der Waals surface area contributed by atoms with Crippen molar-refractivity contribution in [3.63, 3.8) is 0 Å². The first-order valence-electron chi connectivity index (χ1n) is 9.01. The number of piperidine rings is 1. The average molecular weight is 385 g/mol. The number of halogens is 1. The minimum atomic E-state index is -0.0764. The summed E-state index contributed by atoms with van der Waals surface area (Å²) in [6, 6.07) is 5.90. The van der Waals surface area contributed by atoms with Gasteiger partial charge in [-0.05, 0) is 25.0 Å². The number of imidazole rings is 1. The summed E-state index contributed by atoms with van der Waals surface area (Å²) >= 11 is 6.16. The molecular formula is C19H21ClN6O. The van der Waals surface area contributed by atoms with Crippen molar-refractivity contribution < 1.29 is 4.79 Å². The Balaban J connectivity index is 1.52. The molecule has 3 aromatic heterocycles. The van der Waals surface area contributed by atoms with Crippen LogP contribution in [0.15, 0.2) is 43.0 Å². The molecule has 0 saturated carbocycles. The molecule has 1 amide bonds. The van der Waals surface area contributed by atoms with E-state index in [-0.39, 0.29) is 11.8 Å². The van der Waals surface area contributed by atoms with Gasteiger partial charge in [-0.1, -0.05) is 17.7 Å². The van der Waals surface area contributed by atoms with Crippen LogP contribution in [0.3, 0.4) is 0 Å². The monoisotopic (exact) mass is 384 g/mol. The minimum absolute atomic E-state index is 0.0764. The molecule has 7 nitrogen and oxygen atoms in total. The smallest absolute Gasteiger partial charge is 0.273 e. The maximum Gasteiger partial charge on any atom is 0.273 e. The first-order chi connectivity index (χ1) is 13.1. The molecule has 0 radical (unpaired) electrons. The number of pyridine rings is 1. The summed E-state index contributed by atoms with van der Waals surface area (Å²) in [7, 11) is 1.74. The Hall–Kier alpha value is -2.67. The second-order valence-corrected chi connectivity index (χ2v) is 7.20. The highest BCUT2D eigenvalue weighted by Gasteiger charge is 2.30. The summed E-state index contributed by atoms with van der Waals surface area (Å²) in [6.45, 7) is 2.02. The third kappa shape index (κ3) is 3.60. The van der Waals surface area contributed by atoms with E-state index in [1.165, 1.54) is 10.9 Å². The molecule has 1 atom stereocenters. The zero-order valence-electron chi connectivity index (χ0n) is 15.1. The van der Waals surface area contributed by atoms with Gasteiger partial charge in [0.15, 0.2) is 0 Å². The molecule has 140 valence electrons. The fourth-order valence-corrected chi connectivity index (χ4v) is 3.90. The molecule has 1 aliphatic rings. The zero-order valence-corrected chi connectivity index (χ0v) is 15.9. The summed E-state index contributed by atoms with van der Waals surface area (Å²) in [5.74, 6) is 1.11. The maximum absolute atomic E-state index is 12.9. The third-order valence-electron chi connectivity index (χ3n) is 4.98. The Morgan fingerprint density at radius 3 is 2.93 bits per heavy atom. The van der Waals surface area contributed by atoms with E-state index in [0.29, 0.717) is 23.8 Å². The largest absolute Gasteiger partial charge is 0.337 e.